The lowest BCUT2D eigenvalue weighted by molar-refractivity contribution is 0.526. The normalized spacial score (nSPS) is 14.1. The molecule has 2 radical (unpaired) electrons. The Balaban J connectivity index is 3.09. The number of aryl methyl sites for hydroxylation is 2. The summed E-state index contributed by atoms with van der Waals surface area (Å²) in [7, 11) is 6.72. The molecular formula is C20H33B. The molecule has 0 nitrogen and oxygen atoms in total. The topological polar surface area (TPSA) is 0 Å². The van der Waals surface area contributed by atoms with Crippen molar-refractivity contribution in [3.8, 4) is 0 Å². The van der Waals surface area contributed by atoms with Crippen molar-refractivity contribution in [2.45, 2.75) is 90.8 Å². The van der Waals surface area contributed by atoms with E-state index in [0.717, 1.165) is 19.3 Å². The zero-order valence-corrected chi connectivity index (χ0v) is 14.7. The van der Waals surface area contributed by atoms with Crippen LogP contribution in [0.2, 0.25) is 0 Å². The standard InChI is InChI=1S/C20H33B/c1-5-9-11-17-14-18(12-10-6-2)16-19(15-17)20(21,8-4)13-7-3/h14-16H,5-13H2,1-4H3. The summed E-state index contributed by atoms with van der Waals surface area (Å²) in [6, 6.07) is 7.17. The second-order valence-corrected chi connectivity index (χ2v) is 6.50. The first-order chi connectivity index (χ1) is 10.1. The van der Waals surface area contributed by atoms with Crippen LogP contribution in [0.3, 0.4) is 0 Å². The maximum Gasteiger partial charge on any atom is 0.0810 e. The van der Waals surface area contributed by atoms with Crippen LogP contribution in [0.4, 0.5) is 0 Å². The van der Waals surface area contributed by atoms with E-state index in [1.54, 1.807) is 0 Å². The molecule has 0 saturated carbocycles. The molecule has 0 heterocycles. The molecule has 0 amide bonds. The summed E-state index contributed by atoms with van der Waals surface area (Å²) >= 11 is 0. The van der Waals surface area contributed by atoms with Crippen LogP contribution in [-0.4, -0.2) is 7.85 Å². The molecule has 1 rings (SSSR count). The fourth-order valence-corrected chi connectivity index (χ4v) is 3.07. The first-order valence-corrected chi connectivity index (χ1v) is 9.01. The first kappa shape index (κ1) is 18.3. The number of unbranched alkanes of at least 4 members (excludes halogenated alkanes) is 2. The number of hydrogen-bond acceptors (Lipinski definition) is 0. The van der Waals surface area contributed by atoms with Gasteiger partial charge in [-0.2, -0.15) is 0 Å². The number of hydrogen-bond donors (Lipinski definition) is 0. The molecule has 0 aliphatic carbocycles. The van der Waals surface area contributed by atoms with E-state index in [1.807, 2.05) is 0 Å². The molecule has 1 atom stereocenters. The van der Waals surface area contributed by atoms with Gasteiger partial charge < -0.3 is 0 Å². The quantitative estimate of drug-likeness (QED) is 0.466. The van der Waals surface area contributed by atoms with E-state index in [0.29, 0.717) is 0 Å². The van der Waals surface area contributed by atoms with Gasteiger partial charge in [0.2, 0.25) is 0 Å². The zero-order chi connectivity index (χ0) is 15.7. The van der Waals surface area contributed by atoms with Crippen LogP contribution in [0, 0.1) is 0 Å². The predicted octanol–water partition coefficient (Wildman–Crippen LogP) is 5.95. The van der Waals surface area contributed by atoms with Crippen molar-refractivity contribution in [1.29, 1.82) is 0 Å². The minimum atomic E-state index is -0.141. The molecule has 0 N–H and O–H groups in total. The summed E-state index contributed by atoms with van der Waals surface area (Å²) < 4.78 is 0. The Hall–Kier alpha value is -0.715. The van der Waals surface area contributed by atoms with Gasteiger partial charge in [0.05, 0.1) is 7.85 Å². The van der Waals surface area contributed by atoms with Crippen LogP contribution in [-0.2, 0) is 18.2 Å². The molecule has 1 heteroatoms. The van der Waals surface area contributed by atoms with E-state index < -0.39 is 0 Å². The third-order valence-electron chi connectivity index (χ3n) is 4.59. The van der Waals surface area contributed by atoms with E-state index in [4.69, 9.17) is 7.85 Å². The molecule has 0 aromatic heterocycles. The Labute approximate surface area is 134 Å². The molecule has 0 spiro atoms. The molecule has 0 saturated heterocycles. The average Bonchev–Trinajstić information content (AvgIpc) is 2.50. The highest BCUT2D eigenvalue weighted by Gasteiger charge is 2.23. The van der Waals surface area contributed by atoms with Crippen LogP contribution in [0.25, 0.3) is 0 Å². The third kappa shape index (κ3) is 5.53. The maximum atomic E-state index is 6.72. The van der Waals surface area contributed by atoms with Crippen LogP contribution >= 0.6 is 0 Å². The zero-order valence-electron chi connectivity index (χ0n) is 14.7. The Morgan fingerprint density at radius 2 is 1.33 bits per heavy atom. The molecule has 21 heavy (non-hydrogen) atoms. The summed E-state index contributed by atoms with van der Waals surface area (Å²) in [4.78, 5) is 0. The van der Waals surface area contributed by atoms with Crippen molar-refractivity contribution < 1.29 is 0 Å². The van der Waals surface area contributed by atoms with Gasteiger partial charge in [0, 0.05) is 0 Å². The molecule has 0 aliphatic rings. The van der Waals surface area contributed by atoms with Gasteiger partial charge in [-0.3, -0.25) is 0 Å². The highest BCUT2D eigenvalue weighted by Crippen LogP contribution is 2.31. The van der Waals surface area contributed by atoms with Gasteiger partial charge in [-0.25, -0.2) is 0 Å². The minimum Gasteiger partial charge on any atom is -0.0654 e. The lowest BCUT2D eigenvalue weighted by Gasteiger charge is -2.30. The van der Waals surface area contributed by atoms with Gasteiger partial charge in [0.1, 0.15) is 0 Å². The van der Waals surface area contributed by atoms with Gasteiger partial charge in [-0.15, -0.1) is 0 Å². The van der Waals surface area contributed by atoms with Gasteiger partial charge >= 0.3 is 0 Å². The average molecular weight is 284 g/mol. The third-order valence-corrected chi connectivity index (χ3v) is 4.59. The second-order valence-electron chi connectivity index (χ2n) is 6.50. The number of benzene rings is 1. The minimum absolute atomic E-state index is 0.141. The fourth-order valence-electron chi connectivity index (χ4n) is 3.07. The monoisotopic (exact) mass is 284 g/mol. The van der Waals surface area contributed by atoms with Crippen molar-refractivity contribution >= 4 is 7.85 Å². The smallest absolute Gasteiger partial charge is 0.0654 e. The first-order valence-electron chi connectivity index (χ1n) is 9.01. The van der Waals surface area contributed by atoms with Crippen molar-refractivity contribution in [3.05, 3.63) is 34.9 Å². The molecule has 1 unspecified atom stereocenters. The van der Waals surface area contributed by atoms with Crippen molar-refractivity contribution in [1.82, 2.24) is 0 Å². The lowest BCUT2D eigenvalue weighted by atomic mass is 9.59. The van der Waals surface area contributed by atoms with Crippen molar-refractivity contribution in [2.24, 2.45) is 0 Å². The Morgan fingerprint density at radius 1 is 0.810 bits per heavy atom. The van der Waals surface area contributed by atoms with Gasteiger partial charge in [0.25, 0.3) is 0 Å². The molecule has 0 fully saturated rings. The van der Waals surface area contributed by atoms with Crippen LogP contribution < -0.4 is 0 Å². The summed E-state index contributed by atoms with van der Waals surface area (Å²) in [6.07, 6.45) is 10.7. The summed E-state index contributed by atoms with van der Waals surface area (Å²) in [5.74, 6) is 0. The summed E-state index contributed by atoms with van der Waals surface area (Å²) in [5.41, 5.74) is 4.34. The molecule has 1 aromatic carbocycles. The van der Waals surface area contributed by atoms with Crippen molar-refractivity contribution in [2.75, 3.05) is 0 Å². The molecule has 0 aliphatic heterocycles. The number of rotatable bonds is 10. The Bertz CT molecular complexity index is 384. The van der Waals surface area contributed by atoms with E-state index >= 15 is 0 Å². The van der Waals surface area contributed by atoms with Crippen LogP contribution in [0.1, 0.15) is 89.3 Å². The van der Waals surface area contributed by atoms with E-state index in [9.17, 15) is 0 Å². The van der Waals surface area contributed by atoms with E-state index in [2.05, 4.69) is 45.9 Å². The highest BCUT2D eigenvalue weighted by atomic mass is 14.2. The largest absolute Gasteiger partial charge is 0.0810 e. The Morgan fingerprint density at radius 3 is 1.71 bits per heavy atom. The maximum absolute atomic E-state index is 6.72. The van der Waals surface area contributed by atoms with Crippen LogP contribution in [0.5, 0.6) is 0 Å². The van der Waals surface area contributed by atoms with E-state index in [1.165, 1.54) is 55.2 Å². The summed E-state index contributed by atoms with van der Waals surface area (Å²) in [6.45, 7) is 8.98. The molecule has 1 aromatic rings. The molecular weight excluding hydrogens is 251 g/mol. The highest BCUT2D eigenvalue weighted by molar-refractivity contribution is 6.15. The van der Waals surface area contributed by atoms with E-state index in [-0.39, 0.29) is 5.31 Å². The fraction of sp³-hybridized carbons (Fsp3) is 0.700. The van der Waals surface area contributed by atoms with Crippen LogP contribution in [0.15, 0.2) is 18.2 Å². The van der Waals surface area contributed by atoms with Gasteiger partial charge in [-0.05, 0) is 42.1 Å². The SMILES string of the molecule is [B]C(CC)(CCC)c1cc(CCCC)cc(CCCC)c1. The van der Waals surface area contributed by atoms with Gasteiger partial charge in [-0.1, -0.05) is 83.6 Å². The summed E-state index contributed by atoms with van der Waals surface area (Å²) in [5, 5.41) is -0.141. The predicted molar refractivity (Wildman–Crippen MR) is 96.3 cm³/mol. The Kier molecular flexibility index (Phi) is 8.15. The van der Waals surface area contributed by atoms with Crippen molar-refractivity contribution in [3.63, 3.8) is 0 Å². The second kappa shape index (κ2) is 9.33. The lowest BCUT2D eigenvalue weighted by Crippen LogP contribution is -2.25. The molecule has 116 valence electrons. The van der Waals surface area contributed by atoms with Gasteiger partial charge in [0.15, 0.2) is 0 Å². The molecule has 0 bridgehead atoms.